The van der Waals surface area contributed by atoms with Crippen molar-refractivity contribution >= 4 is 0 Å². The summed E-state index contributed by atoms with van der Waals surface area (Å²) in [5, 5.41) is 8.95. The predicted molar refractivity (Wildman–Crippen MR) is 124 cm³/mol. The Hall–Kier alpha value is -1.90. The van der Waals surface area contributed by atoms with Gasteiger partial charge in [0.25, 0.3) is 0 Å². The van der Waals surface area contributed by atoms with E-state index in [0.717, 1.165) is 35.7 Å². The molecule has 0 spiro atoms. The zero-order valence-electron chi connectivity index (χ0n) is 18.8. The van der Waals surface area contributed by atoms with E-state index >= 15 is 0 Å². The molecule has 1 atom stereocenters. The van der Waals surface area contributed by atoms with Gasteiger partial charge in [0.2, 0.25) is 0 Å². The van der Waals surface area contributed by atoms with Gasteiger partial charge in [0.15, 0.2) is 0 Å². The fourth-order valence-corrected chi connectivity index (χ4v) is 3.58. The van der Waals surface area contributed by atoms with Gasteiger partial charge in [-0.1, -0.05) is 78.6 Å². The van der Waals surface area contributed by atoms with Crippen molar-refractivity contribution < 1.29 is 4.74 Å². The molecule has 1 aromatic carbocycles. The molecule has 0 aliphatic carbocycles. The maximum Gasteiger partial charge on any atom is 0.119 e. The number of unbranched alkanes of at least 4 members (excludes halogenated alkanes) is 8. The molecule has 0 saturated carbocycles. The summed E-state index contributed by atoms with van der Waals surface area (Å²) in [7, 11) is 0. The first kappa shape index (κ1) is 23.4. The van der Waals surface area contributed by atoms with Gasteiger partial charge in [0, 0.05) is 11.5 Å². The number of nitrogens with zero attached hydrogens (tertiary/aromatic N) is 2. The molecule has 160 valence electrons. The lowest BCUT2D eigenvalue weighted by atomic mass is 9.99. The average Bonchev–Trinajstić information content (AvgIpc) is 2.76. The fourth-order valence-electron chi connectivity index (χ4n) is 3.58. The predicted octanol–water partition coefficient (Wildman–Crippen LogP) is 7.96. The van der Waals surface area contributed by atoms with Crippen LogP contribution in [0, 0.1) is 0 Å². The van der Waals surface area contributed by atoms with E-state index in [1.807, 2.05) is 12.1 Å². The molecule has 0 amide bonds. The topological polar surface area (TPSA) is 35.0 Å². The molecule has 0 fully saturated rings. The molecule has 3 nitrogen and oxygen atoms in total. The minimum absolute atomic E-state index is 0.478. The van der Waals surface area contributed by atoms with Gasteiger partial charge in [0.1, 0.15) is 5.75 Å². The Morgan fingerprint density at radius 1 is 0.724 bits per heavy atom. The molecule has 0 N–H and O–H groups in total. The van der Waals surface area contributed by atoms with E-state index in [1.165, 1.54) is 64.2 Å². The van der Waals surface area contributed by atoms with Crippen LogP contribution in [0.5, 0.6) is 5.75 Å². The van der Waals surface area contributed by atoms with Gasteiger partial charge in [0.05, 0.1) is 18.0 Å². The highest BCUT2D eigenvalue weighted by molar-refractivity contribution is 5.59. The maximum atomic E-state index is 5.87. The first-order valence-corrected chi connectivity index (χ1v) is 11.8. The van der Waals surface area contributed by atoms with E-state index < -0.39 is 0 Å². The van der Waals surface area contributed by atoms with E-state index in [-0.39, 0.29) is 0 Å². The Balaban J connectivity index is 1.76. The molecule has 1 unspecified atom stereocenters. The van der Waals surface area contributed by atoms with E-state index in [4.69, 9.17) is 4.74 Å². The number of hydrogen-bond donors (Lipinski definition) is 0. The molecule has 29 heavy (non-hydrogen) atoms. The lowest BCUT2D eigenvalue weighted by Gasteiger charge is -2.11. The molecule has 0 aliphatic rings. The fraction of sp³-hybridized carbons (Fsp3) is 0.615. The van der Waals surface area contributed by atoms with E-state index in [9.17, 15) is 0 Å². The Labute approximate surface area is 178 Å². The molecule has 3 heteroatoms. The normalized spacial score (nSPS) is 12.1. The van der Waals surface area contributed by atoms with Gasteiger partial charge in [-0.3, -0.25) is 0 Å². The summed E-state index contributed by atoms with van der Waals surface area (Å²) < 4.78 is 5.87. The third-order valence-corrected chi connectivity index (χ3v) is 5.60. The summed E-state index contributed by atoms with van der Waals surface area (Å²) in [5.74, 6) is 1.42. The third kappa shape index (κ3) is 8.97. The van der Waals surface area contributed by atoms with Crippen LogP contribution >= 0.6 is 0 Å². The third-order valence-electron chi connectivity index (χ3n) is 5.60. The number of aromatic nitrogens is 2. The Morgan fingerprint density at radius 2 is 1.38 bits per heavy atom. The number of rotatable bonds is 15. The molecular formula is C26H40N2O. The van der Waals surface area contributed by atoms with Crippen molar-refractivity contribution in [2.45, 2.75) is 97.3 Å². The molecule has 0 saturated heterocycles. The van der Waals surface area contributed by atoms with Crippen LogP contribution in [0.4, 0.5) is 0 Å². The van der Waals surface area contributed by atoms with E-state index in [0.29, 0.717) is 5.92 Å². The van der Waals surface area contributed by atoms with Gasteiger partial charge < -0.3 is 4.74 Å². The van der Waals surface area contributed by atoms with Gasteiger partial charge >= 0.3 is 0 Å². The molecule has 2 aromatic rings. The van der Waals surface area contributed by atoms with Crippen LogP contribution in [0.25, 0.3) is 11.3 Å². The Morgan fingerprint density at radius 3 is 2.03 bits per heavy atom. The standard InChI is InChI=1S/C26H40N2O/c1-4-6-8-10-11-13-21-29-24-17-15-23(16-18-24)26-20-19-25(27-28-26)22(3)14-12-9-7-5-2/h15-20,22H,4-14,21H2,1-3H3. The monoisotopic (exact) mass is 396 g/mol. The molecule has 1 heterocycles. The van der Waals surface area contributed by atoms with Gasteiger partial charge in [-0.15, -0.1) is 0 Å². The van der Waals surface area contributed by atoms with E-state index in [2.05, 4.69) is 55.2 Å². The zero-order chi connectivity index (χ0) is 20.7. The largest absolute Gasteiger partial charge is 0.494 e. The van der Waals surface area contributed by atoms with Crippen LogP contribution in [0.2, 0.25) is 0 Å². The van der Waals surface area contributed by atoms with Crippen LogP contribution in [0.3, 0.4) is 0 Å². The SMILES string of the molecule is CCCCCCCCOc1ccc(-c2ccc(C(C)CCCCCC)nn2)cc1. The second-order valence-electron chi connectivity index (χ2n) is 8.23. The molecule has 0 bridgehead atoms. The lowest BCUT2D eigenvalue weighted by Crippen LogP contribution is -2.00. The zero-order valence-corrected chi connectivity index (χ0v) is 18.8. The summed E-state index contributed by atoms with van der Waals surface area (Å²) in [6.07, 6.45) is 14.1. The van der Waals surface area contributed by atoms with E-state index in [1.54, 1.807) is 0 Å². The van der Waals surface area contributed by atoms with Crippen molar-refractivity contribution in [1.82, 2.24) is 10.2 Å². The highest BCUT2D eigenvalue weighted by Gasteiger charge is 2.09. The maximum absolute atomic E-state index is 5.87. The quantitative estimate of drug-likeness (QED) is 0.286. The highest BCUT2D eigenvalue weighted by Crippen LogP contribution is 2.24. The van der Waals surface area contributed by atoms with Crippen molar-refractivity contribution in [3.8, 4) is 17.0 Å². The second-order valence-corrected chi connectivity index (χ2v) is 8.23. The average molecular weight is 397 g/mol. The number of benzene rings is 1. The van der Waals surface area contributed by atoms with Crippen molar-refractivity contribution in [3.05, 3.63) is 42.1 Å². The lowest BCUT2D eigenvalue weighted by molar-refractivity contribution is 0.304. The molecule has 1 aromatic heterocycles. The Bertz CT molecular complexity index is 651. The summed E-state index contributed by atoms with van der Waals surface area (Å²) in [5.41, 5.74) is 3.12. The van der Waals surface area contributed by atoms with Gasteiger partial charge in [-0.25, -0.2) is 0 Å². The van der Waals surface area contributed by atoms with Crippen LogP contribution in [0.15, 0.2) is 36.4 Å². The Kier molecular flexibility index (Phi) is 11.4. The smallest absolute Gasteiger partial charge is 0.119 e. The second kappa shape index (κ2) is 14.1. The minimum Gasteiger partial charge on any atom is -0.494 e. The molecule has 2 rings (SSSR count). The van der Waals surface area contributed by atoms with Crippen molar-refractivity contribution in [2.75, 3.05) is 6.61 Å². The van der Waals surface area contributed by atoms with Gasteiger partial charge in [-0.05, 0) is 49.2 Å². The van der Waals surface area contributed by atoms with Crippen LogP contribution in [-0.4, -0.2) is 16.8 Å². The van der Waals surface area contributed by atoms with Crippen molar-refractivity contribution in [1.29, 1.82) is 0 Å². The molecular weight excluding hydrogens is 356 g/mol. The van der Waals surface area contributed by atoms with Crippen molar-refractivity contribution in [2.24, 2.45) is 0 Å². The van der Waals surface area contributed by atoms with Crippen LogP contribution < -0.4 is 4.74 Å². The summed E-state index contributed by atoms with van der Waals surface area (Å²) in [6, 6.07) is 12.5. The first-order valence-electron chi connectivity index (χ1n) is 11.8. The summed E-state index contributed by atoms with van der Waals surface area (Å²) in [4.78, 5) is 0. The first-order chi connectivity index (χ1) is 14.2. The summed E-state index contributed by atoms with van der Waals surface area (Å²) in [6.45, 7) is 7.56. The molecule has 0 aliphatic heterocycles. The number of hydrogen-bond acceptors (Lipinski definition) is 3. The van der Waals surface area contributed by atoms with Crippen LogP contribution in [0.1, 0.15) is 103 Å². The minimum atomic E-state index is 0.478. The number of ether oxygens (including phenoxy) is 1. The van der Waals surface area contributed by atoms with Crippen LogP contribution in [-0.2, 0) is 0 Å². The highest BCUT2D eigenvalue weighted by atomic mass is 16.5. The van der Waals surface area contributed by atoms with Crippen molar-refractivity contribution in [3.63, 3.8) is 0 Å². The molecule has 0 radical (unpaired) electrons. The summed E-state index contributed by atoms with van der Waals surface area (Å²) >= 11 is 0. The van der Waals surface area contributed by atoms with Gasteiger partial charge in [-0.2, -0.15) is 10.2 Å².